The van der Waals surface area contributed by atoms with E-state index in [4.69, 9.17) is 4.74 Å². The fraction of sp³-hybridized carbons (Fsp3) is 0.769. The number of thiazole rings is 1. The summed E-state index contributed by atoms with van der Waals surface area (Å²) in [5.74, 6) is 0. The Kier molecular flexibility index (Phi) is 4.75. The molecule has 1 atom stereocenters. The normalized spacial score (nSPS) is 21.9. The maximum Gasteiger partial charge on any atom is 0.281 e. The van der Waals surface area contributed by atoms with Crippen LogP contribution in [0.1, 0.15) is 37.6 Å². The summed E-state index contributed by atoms with van der Waals surface area (Å²) in [6, 6.07) is 0. The van der Waals surface area contributed by atoms with E-state index in [2.05, 4.69) is 25.8 Å². The molecule has 2 rings (SSSR count). The minimum atomic E-state index is -3.40. The second-order valence-corrected chi connectivity index (χ2v) is 9.36. The van der Waals surface area contributed by atoms with Gasteiger partial charge in [-0.05, 0) is 0 Å². The minimum absolute atomic E-state index is 0.0151. The van der Waals surface area contributed by atoms with E-state index < -0.39 is 10.2 Å². The highest BCUT2D eigenvalue weighted by Gasteiger charge is 2.33. The van der Waals surface area contributed by atoms with Crippen molar-refractivity contribution in [2.75, 3.05) is 33.8 Å². The highest BCUT2D eigenvalue weighted by molar-refractivity contribution is 7.86. The van der Waals surface area contributed by atoms with Gasteiger partial charge in [0, 0.05) is 38.0 Å². The first kappa shape index (κ1) is 16.8. The van der Waals surface area contributed by atoms with Crippen molar-refractivity contribution in [3.8, 4) is 0 Å². The number of ether oxygens (including phenoxy) is 1. The molecule has 0 radical (unpaired) electrons. The molecule has 1 aliphatic heterocycles. The zero-order valence-corrected chi connectivity index (χ0v) is 14.8. The zero-order chi connectivity index (χ0) is 15.8. The van der Waals surface area contributed by atoms with Crippen molar-refractivity contribution < 1.29 is 13.2 Å². The van der Waals surface area contributed by atoms with Crippen LogP contribution in [0, 0.1) is 0 Å². The third-order valence-electron chi connectivity index (χ3n) is 3.38. The number of hydrogen-bond acceptors (Lipinski definition) is 5. The zero-order valence-electron chi connectivity index (χ0n) is 13.2. The summed E-state index contributed by atoms with van der Waals surface area (Å²) in [6.07, 6.45) is -0.283. The quantitative estimate of drug-likeness (QED) is 0.843. The van der Waals surface area contributed by atoms with Crippen LogP contribution >= 0.6 is 11.3 Å². The molecule has 21 heavy (non-hydrogen) atoms. The lowest BCUT2D eigenvalue weighted by Crippen LogP contribution is -2.47. The second-order valence-electron chi connectivity index (χ2n) is 6.33. The molecule has 0 unspecified atom stereocenters. The van der Waals surface area contributed by atoms with Gasteiger partial charge in [-0.2, -0.15) is 17.0 Å². The molecule has 120 valence electrons. The van der Waals surface area contributed by atoms with E-state index in [1.807, 2.05) is 5.38 Å². The Morgan fingerprint density at radius 3 is 2.62 bits per heavy atom. The average molecular weight is 333 g/mol. The average Bonchev–Trinajstić information content (AvgIpc) is 2.88. The van der Waals surface area contributed by atoms with E-state index in [1.54, 1.807) is 14.1 Å². The van der Waals surface area contributed by atoms with Crippen molar-refractivity contribution in [2.24, 2.45) is 0 Å². The molecule has 0 spiro atoms. The van der Waals surface area contributed by atoms with Gasteiger partial charge in [-0.15, -0.1) is 11.3 Å². The van der Waals surface area contributed by atoms with E-state index in [9.17, 15) is 8.42 Å². The Balaban J connectivity index is 2.17. The first-order chi connectivity index (χ1) is 9.62. The Morgan fingerprint density at radius 2 is 2.10 bits per heavy atom. The number of aromatic nitrogens is 1. The van der Waals surface area contributed by atoms with Gasteiger partial charge < -0.3 is 4.74 Å². The monoisotopic (exact) mass is 333 g/mol. The molecule has 0 bridgehead atoms. The van der Waals surface area contributed by atoms with E-state index in [0.717, 1.165) is 10.7 Å². The van der Waals surface area contributed by atoms with Crippen LogP contribution in [0.3, 0.4) is 0 Å². The van der Waals surface area contributed by atoms with Gasteiger partial charge in [0.2, 0.25) is 0 Å². The molecule has 1 fully saturated rings. The first-order valence-electron chi connectivity index (χ1n) is 6.87. The van der Waals surface area contributed by atoms with Crippen molar-refractivity contribution in [1.82, 2.24) is 13.6 Å². The summed E-state index contributed by atoms with van der Waals surface area (Å²) in [6.45, 7) is 7.41. The Morgan fingerprint density at radius 1 is 1.43 bits per heavy atom. The number of hydrogen-bond donors (Lipinski definition) is 0. The van der Waals surface area contributed by atoms with E-state index >= 15 is 0 Å². The SMILES string of the molecule is CN(C)S(=O)(=O)N1CCO[C@@H](c2nc(C(C)(C)C)cs2)C1. The summed E-state index contributed by atoms with van der Waals surface area (Å²) in [7, 11) is -0.314. The summed E-state index contributed by atoms with van der Waals surface area (Å²) >= 11 is 1.53. The second kappa shape index (κ2) is 5.92. The van der Waals surface area contributed by atoms with Gasteiger partial charge in [-0.1, -0.05) is 20.8 Å². The fourth-order valence-corrected chi connectivity index (χ4v) is 4.17. The molecule has 0 amide bonds. The van der Waals surface area contributed by atoms with Crippen LogP contribution < -0.4 is 0 Å². The molecule has 6 nitrogen and oxygen atoms in total. The van der Waals surface area contributed by atoms with Gasteiger partial charge in [-0.25, -0.2) is 4.98 Å². The van der Waals surface area contributed by atoms with Crippen LogP contribution in [0.25, 0.3) is 0 Å². The summed E-state index contributed by atoms with van der Waals surface area (Å²) in [5, 5.41) is 2.87. The van der Waals surface area contributed by atoms with Gasteiger partial charge in [0.05, 0.1) is 12.3 Å². The van der Waals surface area contributed by atoms with Crippen LogP contribution in [0.2, 0.25) is 0 Å². The van der Waals surface area contributed by atoms with Gasteiger partial charge in [0.25, 0.3) is 10.2 Å². The van der Waals surface area contributed by atoms with Crippen molar-refractivity contribution in [1.29, 1.82) is 0 Å². The lowest BCUT2D eigenvalue weighted by molar-refractivity contribution is -0.00409. The maximum absolute atomic E-state index is 12.2. The van der Waals surface area contributed by atoms with Crippen LogP contribution in [-0.4, -0.2) is 55.8 Å². The van der Waals surface area contributed by atoms with E-state index in [-0.39, 0.29) is 11.5 Å². The first-order valence-corrected chi connectivity index (χ1v) is 9.15. The molecule has 0 aromatic carbocycles. The minimum Gasteiger partial charge on any atom is -0.368 e. The standard InChI is InChI=1S/C13H23N3O3S2/c1-13(2,3)11-9-20-12(14-11)10-8-16(6-7-19-10)21(17,18)15(4)5/h9-10H,6-8H2,1-5H3/t10-/m1/s1. The Labute approximate surface area is 130 Å². The maximum atomic E-state index is 12.2. The number of morpholine rings is 1. The van der Waals surface area contributed by atoms with Gasteiger partial charge in [0.1, 0.15) is 11.1 Å². The third-order valence-corrected chi connectivity index (χ3v) is 6.23. The van der Waals surface area contributed by atoms with E-state index in [0.29, 0.717) is 19.7 Å². The van der Waals surface area contributed by atoms with Crippen LogP contribution in [0.4, 0.5) is 0 Å². The Hall–Kier alpha value is -0.540. The predicted octanol–water partition coefficient (Wildman–Crippen LogP) is 1.62. The van der Waals surface area contributed by atoms with Crippen molar-refractivity contribution in [3.63, 3.8) is 0 Å². The fourth-order valence-electron chi connectivity index (χ4n) is 2.00. The van der Waals surface area contributed by atoms with Crippen molar-refractivity contribution in [3.05, 3.63) is 16.1 Å². The molecular weight excluding hydrogens is 310 g/mol. The van der Waals surface area contributed by atoms with Crippen LogP contribution in [0.5, 0.6) is 0 Å². The molecule has 1 aromatic heterocycles. The van der Waals surface area contributed by atoms with Crippen LogP contribution in [0.15, 0.2) is 5.38 Å². The highest BCUT2D eigenvalue weighted by atomic mass is 32.2. The molecular formula is C13H23N3O3S2. The lowest BCUT2D eigenvalue weighted by atomic mass is 9.93. The molecule has 0 saturated carbocycles. The molecule has 0 aliphatic carbocycles. The highest BCUT2D eigenvalue weighted by Crippen LogP contribution is 2.30. The molecule has 1 aliphatic rings. The predicted molar refractivity (Wildman–Crippen MR) is 83.7 cm³/mol. The van der Waals surface area contributed by atoms with Crippen LogP contribution in [-0.2, 0) is 20.4 Å². The molecule has 0 N–H and O–H groups in total. The summed E-state index contributed by atoms with van der Waals surface area (Å²) in [4.78, 5) is 4.62. The van der Waals surface area contributed by atoms with Crippen molar-refractivity contribution >= 4 is 21.5 Å². The molecule has 1 aromatic rings. The van der Waals surface area contributed by atoms with E-state index in [1.165, 1.54) is 19.9 Å². The van der Waals surface area contributed by atoms with Crippen molar-refractivity contribution in [2.45, 2.75) is 32.3 Å². The lowest BCUT2D eigenvalue weighted by Gasteiger charge is -2.32. The molecule has 8 heteroatoms. The number of rotatable bonds is 3. The third kappa shape index (κ3) is 3.62. The number of nitrogens with zero attached hydrogens (tertiary/aromatic N) is 3. The van der Waals surface area contributed by atoms with Gasteiger partial charge in [0.15, 0.2) is 0 Å². The smallest absolute Gasteiger partial charge is 0.281 e. The largest absolute Gasteiger partial charge is 0.368 e. The van der Waals surface area contributed by atoms with Gasteiger partial charge in [-0.3, -0.25) is 0 Å². The Bertz CT molecular complexity index is 590. The molecule has 2 heterocycles. The van der Waals surface area contributed by atoms with Gasteiger partial charge >= 0.3 is 0 Å². The topological polar surface area (TPSA) is 62.7 Å². The summed E-state index contributed by atoms with van der Waals surface area (Å²) < 4.78 is 32.8. The molecule has 1 saturated heterocycles. The summed E-state index contributed by atoms with van der Waals surface area (Å²) in [5.41, 5.74) is 0.998.